The Morgan fingerprint density at radius 3 is 1.40 bits per heavy atom. The molecule has 15 heavy (non-hydrogen) atoms. The number of hydrogen-bond acceptors (Lipinski definition) is 2. The lowest BCUT2D eigenvalue weighted by molar-refractivity contribution is 0.703. The molecule has 7 heteroatoms. The van der Waals surface area contributed by atoms with Crippen LogP contribution in [-0.2, 0) is 0 Å². The Hall–Kier alpha value is 0.980. The largest absolute Gasteiger partial charge is 0.252 e. The summed E-state index contributed by atoms with van der Waals surface area (Å²) < 4.78 is 1.83. The lowest BCUT2D eigenvalue weighted by Crippen LogP contribution is -2.00. The normalized spacial score (nSPS) is 11.2. The molecule has 0 saturated heterocycles. The Bertz CT molecular complexity index is 364. The van der Waals surface area contributed by atoms with Crippen LogP contribution in [0.15, 0.2) is 4.90 Å². The zero-order chi connectivity index (χ0) is 11.7. The second-order valence-electron chi connectivity index (χ2n) is 2.80. The van der Waals surface area contributed by atoms with Gasteiger partial charge < -0.3 is 0 Å². The molecule has 84 valence electrons. The Morgan fingerprint density at radius 1 is 0.733 bits per heavy atom. The Labute approximate surface area is 118 Å². The molecule has 1 nitrogen and oxygen atoms in total. The van der Waals surface area contributed by atoms with Crippen LogP contribution in [0.25, 0.3) is 0 Å². The van der Waals surface area contributed by atoms with E-state index in [4.69, 9.17) is 58.0 Å². The van der Waals surface area contributed by atoms with E-state index in [1.807, 2.05) is 18.4 Å². The van der Waals surface area contributed by atoms with Crippen LogP contribution in [0.3, 0.4) is 0 Å². The van der Waals surface area contributed by atoms with Gasteiger partial charge in [0.15, 0.2) is 0 Å². The third-order valence-electron chi connectivity index (χ3n) is 1.44. The third kappa shape index (κ3) is 3.01. The summed E-state index contributed by atoms with van der Waals surface area (Å²) in [6.07, 6.45) is 0. The number of nitrogens with zero attached hydrogens (tertiary/aromatic N) is 1. The van der Waals surface area contributed by atoms with Crippen LogP contribution in [0, 0.1) is 0 Å². The minimum absolute atomic E-state index is 0.177. The van der Waals surface area contributed by atoms with Crippen LogP contribution >= 0.6 is 70.0 Å². The maximum atomic E-state index is 6.01. The van der Waals surface area contributed by atoms with Gasteiger partial charge in [-0.25, -0.2) is 0 Å². The van der Waals surface area contributed by atoms with Gasteiger partial charge in [-0.05, 0) is 26.0 Å². The summed E-state index contributed by atoms with van der Waals surface area (Å²) in [5.41, 5.74) is 0. The van der Waals surface area contributed by atoms with Crippen molar-refractivity contribution in [3.05, 3.63) is 25.1 Å². The quantitative estimate of drug-likeness (QED) is 0.400. The lowest BCUT2D eigenvalue weighted by atomic mass is 10.3. The van der Waals surface area contributed by atoms with Crippen molar-refractivity contribution in [2.45, 2.75) is 4.90 Å². The van der Waals surface area contributed by atoms with Crippen molar-refractivity contribution in [2.75, 3.05) is 14.1 Å². The minimum atomic E-state index is 0.177. The Morgan fingerprint density at radius 2 is 1.07 bits per heavy atom. The first-order valence-electron chi connectivity index (χ1n) is 3.73. The Balaban J connectivity index is 3.39. The van der Waals surface area contributed by atoms with Crippen molar-refractivity contribution in [1.29, 1.82) is 0 Å². The van der Waals surface area contributed by atoms with Crippen LogP contribution < -0.4 is 0 Å². The molecule has 0 bridgehead atoms. The summed E-state index contributed by atoms with van der Waals surface area (Å²) in [7, 11) is 3.71. The average Bonchev–Trinajstić information content (AvgIpc) is 2.18. The molecular weight excluding hydrogens is 319 g/mol. The molecule has 1 aromatic rings. The lowest BCUT2D eigenvalue weighted by Gasteiger charge is -2.14. The molecule has 0 heterocycles. The van der Waals surface area contributed by atoms with Crippen LogP contribution in [0.4, 0.5) is 0 Å². The molecule has 0 fully saturated rings. The summed E-state index contributed by atoms with van der Waals surface area (Å²) in [6, 6.07) is 0. The number of rotatable bonds is 2. The smallest absolute Gasteiger partial charge is 0.0809 e. The highest BCUT2D eigenvalue weighted by molar-refractivity contribution is 7.97. The molecule has 0 unspecified atom stereocenters. The fourth-order valence-electron chi connectivity index (χ4n) is 0.847. The van der Waals surface area contributed by atoms with Gasteiger partial charge in [0.25, 0.3) is 0 Å². The molecule has 0 aliphatic heterocycles. The third-order valence-corrected chi connectivity index (χ3v) is 4.90. The average molecular weight is 325 g/mol. The molecule has 0 saturated carbocycles. The first-order valence-corrected chi connectivity index (χ1v) is 6.39. The zero-order valence-electron chi connectivity index (χ0n) is 7.75. The maximum Gasteiger partial charge on any atom is 0.0809 e. The number of halogens is 5. The van der Waals surface area contributed by atoms with Gasteiger partial charge in [0, 0.05) is 0 Å². The molecule has 0 aromatic heterocycles. The van der Waals surface area contributed by atoms with Gasteiger partial charge in [0.05, 0.1) is 30.0 Å². The topological polar surface area (TPSA) is 3.24 Å². The van der Waals surface area contributed by atoms with Crippen molar-refractivity contribution >= 4 is 70.0 Å². The maximum absolute atomic E-state index is 6.01. The standard InChI is InChI=1S/C8H6Cl5NS/c1-14(2)15-8-6(12)4(10)3(9)5(11)7(8)13/h1-2H3. The van der Waals surface area contributed by atoms with Crippen molar-refractivity contribution in [3.63, 3.8) is 0 Å². The molecule has 0 aliphatic carbocycles. The van der Waals surface area contributed by atoms with E-state index in [2.05, 4.69) is 0 Å². The van der Waals surface area contributed by atoms with E-state index < -0.39 is 0 Å². The number of hydrogen-bond donors (Lipinski definition) is 0. The van der Waals surface area contributed by atoms with E-state index in [1.54, 1.807) is 0 Å². The fourth-order valence-corrected chi connectivity index (χ4v) is 3.03. The molecule has 0 spiro atoms. The molecule has 1 aromatic carbocycles. The predicted molar refractivity (Wildman–Crippen MR) is 71.0 cm³/mol. The summed E-state index contributed by atoms with van der Waals surface area (Å²) in [5.74, 6) is 0. The van der Waals surface area contributed by atoms with Gasteiger partial charge in [0.2, 0.25) is 0 Å². The van der Waals surface area contributed by atoms with Gasteiger partial charge in [0.1, 0.15) is 0 Å². The van der Waals surface area contributed by atoms with E-state index in [-0.39, 0.29) is 15.1 Å². The van der Waals surface area contributed by atoms with Crippen LogP contribution in [-0.4, -0.2) is 18.4 Å². The molecule has 0 N–H and O–H groups in total. The summed E-state index contributed by atoms with van der Waals surface area (Å²) in [5, 5.41) is 1.25. The van der Waals surface area contributed by atoms with Crippen molar-refractivity contribution in [2.24, 2.45) is 0 Å². The second-order valence-corrected chi connectivity index (χ2v) is 6.01. The van der Waals surface area contributed by atoms with Gasteiger partial charge in [-0.2, -0.15) is 0 Å². The van der Waals surface area contributed by atoms with Gasteiger partial charge in [-0.15, -0.1) is 0 Å². The first kappa shape index (κ1) is 14.0. The van der Waals surface area contributed by atoms with Crippen LogP contribution in [0.2, 0.25) is 25.1 Å². The number of benzene rings is 1. The van der Waals surface area contributed by atoms with Crippen molar-refractivity contribution in [3.8, 4) is 0 Å². The van der Waals surface area contributed by atoms with Crippen LogP contribution in [0.1, 0.15) is 0 Å². The van der Waals surface area contributed by atoms with Gasteiger partial charge in [-0.3, -0.25) is 4.31 Å². The monoisotopic (exact) mass is 323 g/mol. The second kappa shape index (κ2) is 5.54. The SMILES string of the molecule is CN(C)Sc1c(Cl)c(Cl)c(Cl)c(Cl)c1Cl. The molecule has 0 radical (unpaired) electrons. The zero-order valence-corrected chi connectivity index (χ0v) is 12.3. The summed E-state index contributed by atoms with van der Waals surface area (Å²) in [4.78, 5) is 0.600. The van der Waals surface area contributed by atoms with E-state index >= 15 is 0 Å². The highest BCUT2D eigenvalue weighted by Gasteiger charge is 2.20. The van der Waals surface area contributed by atoms with E-state index in [9.17, 15) is 0 Å². The minimum Gasteiger partial charge on any atom is -0.252 e. The highest BCUT2D eigenvalue weighted by Crippen LogP contribution is 2.47. The predicted octanol–water partition coefficient (Wildman–Crippen LogP) is 5.52. The molecule has 1 rings (SSSR count). The van der Waals surface area contributed by atoms with Crippen LogP contribution in [0.5, 0.6) is 0 Å². The molecule has 0 atom stereocenters. The van der Waals surface area contributed by atoms with Gasteiger partial charge in [-0.1, -0.05) is 58.0 Å². The van der Waals surface area contributed by atoms with E-state index in [1.165, 1.54) is 11.9 Å². The highest BCUT2D eigenvalue weighted by atomic mass is 35.5. The van der Waals surface area contributed by atoms with Crippen molar-refractivity contribution < 1.29 is 0 Å². The fraction of sp³-hybridized carbons (Fsp3) is 0.250. The summed E-state index contributed by atoms with van der Waals surface area (Å²) >= 11 is 31.0. The Kier molecular flexibility index (Phi) is 5.19. The molecular formula is C8H6Cl5NS. The molecule has 0 aliphatic rings. The van der Waals surface area contributed by atoms with E-state index in [0.29, 0.717) is 14.9 Å². The first-order chi connectivity index (χ1) is 6.86. The van der Waals surface area contributed by atoms with E-state index in [0.717, 1.165) is 0 Å². The molecule has 0 amide bonds. The summed E-state index contributed by atoms with van der Waals surface area (Å²) in [6.45, 7) is 0. The van der Waals surface area contributed by atoms with Gasteiger partial charge >= 0.3 is 0 Å². The van der Waals surface area contributed by atoms with Crippen molar-refractivity contribution in [1.82, 2.24) is 4.31 Å².